The van der Waals surface area contributed by atoms with Crippen molar-refractivity contribution < 1.29 is 36.3 Å². The maximum atomic E-state index is 13.6. The van der Waals surface area contributed by atoms with E-state index in [1.807, 2.05) is 32.0 Å². The fourth-order valence-corrected chi connectivity index (χ4v) is 6.11. The number of nitrogens with zero attached hydrogens (tertiary/aromatic N) is 3. The molecule has 1 aliphatic rings. The van der Waals surface area contributed by atoms with Gasteiger partial charge in [-0.2, -0.15) is 13.2 Å². The zero-order valence-electron chi connectivity index (χ0n) is 24.0. The highest BCUT2D eigenvalue weighted by Gasteiger charge is 2.40. The van der Waals surface area contributed by atoms with Crippen molar-refractivity contribution in [1.82, 2.24) is 15.3 Å². The van der Waals surface area contributed by atoms with Crippen molar-refractivity contribution in [2.45, 2.75) is 63.7 Å². The summed E-state index contributed by atoms with van der Waals surface area (Å²) in [7, 11) is -3.29. The van der Waals surface area contributed by atoms with Crippen LogP contribution in [0.4, 0.5) is 19.1 Å². The monoisotopic (exact) mass is 618 g/mol. The maximum Gasteiger partial charge on any atom is 0.434 e. The molecule has 0 radical (unpaired) electrons. The van der Waals surface area contributed by atoms with Crippen LogP contribution in [0, 0.1) is 5.92 Å². The van der Waals surface area contributed by atoms with Crippen molar-refractivity contribution in [3.63, 3.8) is 0 Å². The Hall–Kier alpha value is -4.00. The number of aromatic nitrogens is 2. The Kier molecular flexibility index (Phi) is 9.43. The Labute approximate surface area is 248 Å². The van der Waals surface area contributed by atoms with Crippen molar-refractivity contribution >= 4 is 27.7 Å². The van der Waals surface area contributed by atoms with Crippen molar-refractivity contribution in [3.8, 4) is 0 Å². The molecule has 2 heterocycles. The molecule has 2 aromatic carbocycles. The molecule has 0 bridgehead atoms. The number of benzene rings is 2. The van der Waals surface area contributed by atoms with Crippen molar-refractivity contribution in [2.24, 2.45) is 5.92 Å². The number of anilines is 1. The second-order valence-corrected chi connectivity index (χ2v) is 13.0. The first-order valence-corrected chi connectivity index (χ1v) is 15.5. The molecule has 3 aromatic rings. The number of aromatic carboxylic acids is 1. The maximum absolute atomic E-state index is 13.6. The molecule has 9 nitrogen and oxygen atoms in total. The predicted molar refractivity (Wildman–Crippen MR) is 153 cm³/mol. The van der Waals surface area contributed by atoms with E-state index in [0.29, 0.717) is 25.6 Å². The zero-order chi connectivity index (χ0) is 31.5. The lowest BCUT2D eigenvalue weighted by Crippen LogP contribution is -2.39. The topological polar surface area (TPSA) is 130 Å². The number of carbonyl (C=O) groups is 2. The highest BCUT2D eigenvalue weighted by atomic mass is 32.2. The first-order chi connectivity index (χ1) is 20.2. The number of carboxylic acids is 1. The first-order valence-electron chi connectivity index (χ1n) is 13.9. The Morgan fingerprint density at radius 2 is 1.79 bits per heavy atom. The van der Waals surface area contributed by atoms with E-state index >= 15 is 0 Å². The highest BCUT2D eigenvalue weighted by Crippen LogP contribution is 2.39. The summed E-state index contributed by atoms with van der Waals surface area (Å²) in [6.45, 7) is 6.07. The Morgan fingerprint density at radius 3 is 2.40 bits per heavy atom. The van der Waals surface area contributed by atoms with Gasteiger partial charge in [0, 0.05) is 25.7 Å². The average molecular weight is 619 g/mol. The van der Waals surface area contributed by atoms with Crippen LogP contribution in [0.15, 0.2) is 53.6 Å². The molecule has 1 atom stereocenters. The lowest BCUT2D eigenvalue weighted by Gasteiger charge is -2.40. The van der Waals surface area contributed by atoms with Crippen LogP contribution < -0.4 is 10.2 Å². The fraction of sp³-hybridized carbons (Fsp3) is 0.400. The third-order valence-electron chi connectivity index (χ3n) is 7.44. The summed E-state index contributed by atoms with van der Waals surface area (Å²) in [5.41, 5.74) is 1.19. The van der Waals surface area contributed by atoms with E-state index in [1.54, 1.807) is 24.0 Å². The van der Waals surface area contributed by atoms with E-state index in [9.17, 15) is 36.3 Å². The molecule has 0 saturated carbocycles. The summed E-state index contributed by atoms with van der Waals surface area (Å²) < 4.78 is 64.7. The van der Waals surface area contributed by atoms with Gasteiger partial charge in [0.05, 0.1) is 16.7 Å². The van der Waals surface area contributed by atoms with Gasteiger partial charge < -0.3 is 15.3 Å². The largest absolute Gasteiger partial charge is 0.478 e. The molecular weight excluding hydrogens is 585 g/mol. The Morgan fingerprint density at radius 1 is 1.12 bits per heavy atom. The van der Waals surface area contributed by atoms with Crippen LogP contribution in [0.2, 0.25) is 0 Å². The van der Waals surface area contributed by atoms with Crippen molar-refractivity contribution in [3.05, 3.63) is 82.2 Å². The minimum atomic E-state index is -4.95. The number of amides is 1. The molecule has 13 heteroatoms. The summed E-state index contributed by atoms with van der Waals surface area (Å²) in [6.07, 6.45) is -3.01. The minimum absolute atomic E-state index is 0.0156. The molecule has 230 valence electrons. The van der Waals surface area contributed by atoms with E-state index in [0.717, 1.165) is 22.3 Å². The van der Waals surface area contributed by atoms with Gasteiger partial charge in [0.15, 0.2) is 15.5 Å². The quantitative estimate of drug-likeness (QED) is 0.325. The van der Waals surface area contributed by atoms with Gasteiger partial charge in [0.25, 0.3) is 0 Å². The molecule has 1 aliphatic heterocycles. The standard InChI is InChI=1S/C30H33F3N4O5S/c1-4-43(41,42)22-9-5-20(6-10-22)16-34-25(38)12-8-19-7-11-23-21(15-19)13-14-37(26(23)18(2)3)29-35-17-24(28(39)40)27(36-29)30(31,32)33/h5-7,9-11,15,17-18,26H,4,8,12-14,16H2,1-3H3,(H,34,38)(H,39,40)/t26-/m0/s1. The number of hydrogen-bond acceptors (Lipinski definition) is 7. The van der Waals surface area contributed by atoms with Gasteiger partial charge >= 0.3 is 12.1 Å². The van der Waals surface area contributed by atoms with Crippen molar-refractivity contribution in [2.75, 3.05) is 17.2 Å². The van der Waals surface area contributed by atoms with E-state index in [2.05, 4.69) is 15.3 Å². The molecule has 0 saturated heterocycles. The lowest BCUT2D eigenvalue weighted by molar-refractivity contribution is -0.141. The van der Waals surface area contributed by atoms with E-state index in [-0.39, 0.29) is 47.4 Å². The number of sulfone groups is 1. The van der Waals surface area contributed by atoms with Crippen molar-refractivity contribution in [1.29, 1.82) is 0 Å². The smallest absolute Gasteiger partial charge is 0.434 e. The van der Waals surface area contributed by atoms with Crippen LogP contribution in [0.1, 0.15) is 71.5 Å². The summed E-state index contributed by atoms with van der Waals surface area (Å²) in [5, 5.41) is 12.0. The highest BCUT2D eigenvalue weighted by molar-refractivity contribution is 7.91. The molecule has 0 fully saturated rings. The van der Waals surface area contributed by atoms with Gasteiger partial charge in [-0.05, 0) is 53.1 Å². The summed E-state index contributed by atoms with van der Waals surface area (Å²) in [6, 6.07) is 11.9. The van der Waals surface area contributed by atoms with Crippen LogP contribution in [-0.4, -0.2) is 47.7 Å². The number of rotatable bonds is 10. The molecule has 2 N–H and O–H groups in total. The van der Waals surface area contributed by atoms with Crippen LogP contribution in [0.25, 0.3) is 0 Å². The first kappa shape index (κ1) is 31.9. The number of aryl methyl sites for hydroxylation is 1. The van der Waals surface area contributed by atoms with E-state index in [4.69, 9.17) is 0 Å². The van der Waals surface area contributed by atoms with Gasteiger partial charge in [-0.1, -0.05) is 51.1 Å². The molecule has 4 rings (SSSR count). The summed E-state index contributed by atoms with van der Waals surface area (Å²) >= 11 is 0. The molecule has 1 amide bonds. The van der Waals surface area contributed by atoms with Gasteiger partial charge in [0.1, 0.15) is 5.56 Å². The normalized spacial score (nSPS) is 15.3. The van der Waals surface area contributed by atoms with Gasteiger partial charge in [-0.3, -0.25) is 4.79 Å². The van der Waals surface area contributed by atoms with Crippen LogP contribution in [0.3, 0.4) is 0 Å². The van der Waals surface area contributed by atoms with Gasteiger partial charge in [-0.15, -0.1) is 0 Å². The number of halogens is 3. The average Bonchev–Trinajstić information content (AvgIpc) is 2.97. The second kappa shape index (κ2) is 12.7. The fourth-order valence-electron chi connectivity index (χ4n) is 5.22. The SMILES string of the molecule is CCS(=O)(=O)c1ccc(CNC(=O)CCc2ccc3c(c2)CCN(c2ncc(C(=O)O)c(C(F)(F)F)n2)[C@H]3C(C)C)cc1. The number of alkyl halides is 3. The molecule has 43 heavy (non-hydrogen) atoms. The Balaban J connectivity index is 1.43. The third-order valence-corrected chi connectivity index (χ3v) is 9.19. The second-order valence-electron chi connectivity index (χ2n) is 10.7. The predicted octanol–water partition coefficient (Wildman–Crippen LogP) is 5.00. The summed E-state index contributed by atoms with van der Waals surface area (Å²) in [4.78, 5) is 33.4. The number of carboxylic acid groups (broad SMARTS) is 1. The third kappa shape index (κ3) is 7.32. The minimum Gasteiger partial charge on any atom is -0.478 e. The van der Waals surface area contributed by atoms with Crippen LogP contribution in [-0.2, 0) is 40.2 Å². The van der Waals surface area contributed by atoms with Gasteiger partial charge in [-0.25, -0.2) is 23.2 Å². The molecule has 0 spiro atoms. The number of fused-ring (bicyclic) bond motifs is 1. The molecule has 0 aliphatic carbocycles. The lowest BCUT2D eigenvalue weighted by atomic mass is 9.85. The van der Waals surface area contributed by atoms with E-state index in [1.165, 1.54) is 12.1 Å². The van der Waals surface area contributed by atoms with Crippen LogP contribution >= 0.6 is 0 Å². The number of hydrogen-bond donors (Lipinski definition) is 2. The molecule has 1 aromatic heterocycles. The zero-order valence-corrected chi connectivity index (χ0v) is 24.8. The molecule has 0 unspecified atom stereocenters. The number of nitrogens with one attached hydrogen (secondary N) is 1. The Bertz CT molecular complexity index is 1610. The summed E-state index contributed by atoms with van der Waals surface area (Å²) in [5.74, 6) is -2.09. The van der Waals surface area contributed by atoms with E-state index < -0.39 is 33.2 Å². The molecular formula is C30H33F3N4O5S. The van der Waals surface area contributed by atoms with Crippen LogP contribution in [0.5, 0.6) is 0 Å². The number of carbonyl (C=O) groups excluding carboxylic acids is 1. The van der Waals surface area contributed by atoms with Gasteiger partial charge in [0.2, 0.25) is 11.9 Å².